The highest BCUT2D eigenvalue weighted by molar-refractivity contribution is 14.0. The van der Waals surface area contributed by atoms with Gasteiger partial charge in [-0.2, -0.15) is 0 Å². The van der Waals surface area contributed by atoms with Crippen molar-refractivity contribution in [3.63, 3.8) is 0 Å². The molecule has 33 heavy (non-hydrogen) atoms. The molecule has 2 bridgehead atoms. The SMILES string of the molecule is CCNC(=NCc1coc(-c2ccccc2)n1)NCCN1C(=O)C2C3C=CC(C3)C2C1=O.I. The Morgan fingerprint density at radius 3 is 2.48 bits per heavy atom. The number of amides is 2. The Morgan fingerprint density at radius 2 is 1.82 bits per heavy atom. The van der Waals surface area contributed by atoms with Gasteiger partial charge in [-0.1, -0.05) is 30.4 Å². The summed E-state index contributed by atoms with van der Waals surface area (Å²) in [5.74, 6) is 1.32. The average Bonchev–Trinajstić information content (AvgIpc) is 3.59. The van der Waals surface area contributed by atoms with E-state index in [-0.39, 0.29) is 59.5 Å². The first-order valence-electron chi connectivity index (χ1n) is 11.2. The van der Waals surface area contributed by atoms with Gasteiger partial charge in [0.2, 0.25) is 17.7 Å². The third-order valence-electron chi connectivity index (χ3n) is 6.51. The lowest BCUT2D eigenvalue weighted by molar-refractivity contribution is -0.140. The number of imide groups is 1. The van der Waals surface area contributed by atoms with Crippen molar-refractivity contribution in [2.45, 2.75) is 19.9 Å². The van der Waals surface area contributed by atoms with Gasteiger partial charge in [0.05, 0.1) is 18.4 Å². The predicted octanol–water partition coefficient (Wildman–Crippen LogP) is 2.82. The quantitative estimate of drug-likeness (QED) is 0.177. The molecule has 1 saturated heterocycles. The molecule has 4 unspecified atom stereocenters. The Balaban J connectivity index is 0.00000259. The van der Waals surface area contributed by atoms with Crippen LogP contribution in [0.2, 0.25) is 0 Å². The molecule has 2 aliphatic carbocycles. The number of carbonyl (C=O) groups excluding carboxylic acids is 2. The van der Waals surface area contributed by atoms with Crippen molar-refractivity contribution in [2.75, 3.05) is 19.6 Å². The summed E-state index contributed by atoms with van der Waals surface area (Å²) in [7, 11) is 0. The van der Waals surface area contributed by atoms with E-state index in [9.17, 15) is 9.59 Å². The Labute approximate surface area is 209 Å². The molecule has 2 amide bonds. The van der Waals surface area contributed by atoms with Crippen molar-refractivity contribution >= 4 is 41.8 Å². The third kappa shape index (κ3) is 4.55. The van der Waals surface area contributed by atoms with Crippen LogP contribution in [0.5, 0.6) is 0 Å². The molecule has 3 aliphatic rings. The van der Waals surface area contributed by atoms with Crippen molar-refractivity contribution in [2.24, 2.45) is 28.7 Å². The minimum Gasteiger partial charge on any atom is -0.444 e. The number of aliphatic imine (C=N–C) groups is 1. The van der Waals surface area contributed by atoms with Crippen LogP contribution >= 0.6 is 24.0 Å². The van der Waals surface area contributed by atoms with Gasteiger partial charge >= 0.3 is 0 Å². The molecule has 2 aromatic rings. The predicted molar refractivity (Wildman–Crippen MR) is 135 cm³/mol. The summed E-state index contributed by atoms with van der Waals surface area (Å²) in [5, 5.41) is 6.41. The van der Waals surface area contributed by atoms with Crippen LogP contribution in [0, 0.1) is 23.7 Å². The van der Waals surface area contributed by atoms with E-state index < -0.39 is 0 Å². The number of oxazole rings is 1. The lowest BCUT2D eigenvalue weighted by Gasteiger charge is -2.18. The highest BCUT2D eigenvalue weighted by Gasteiger charge is 2.58. The molecule has 1 saturated carbocycles. The van der Waals surface area contributed by atoms with Crippen LogP contribution in [0.3, 0.4) is 0 Å². The molecule has 0 spiro atoms. The van der Waals surface area contributed by atoms with E-state index in [2.05, 4.69) is 32.8 Å². The van der Waals surface area contributed by atoms with Crippen molar-refractivity contribution in [3.8, 4) is 11.5 Å². The first-order chi connectivity index (χ1) is 15.7. The number of benzene rings is 1. The van der Waals surface area contributed by atoms with Crippen LogP contribution in [-0.4, -0.2) is 47.3 Å². The number of halogens is 1. The molecule has 2 fully saturated rings. The van der Waals surface area contributed by atoms with E-state index in [4.69, 9.17) is 4.42 Å². The zero-order chi connectivity index (χ0) is 22.1. The standard InChI is InChI=1S/C24H27N5O3.HI/c1-2-25-24(27-13-18-14-32-21(28-18)15-6-4-3-5-7-15)26-10-11-29-22(30)19-16-8-9-17(12-16)20(19)23(29)31;/h3-9,14,16-17,19-20H,2,10-13H2,1H3,(H2,25,26,27);1H. The van der Waals surface area contributed by atoms with Crippen LogP contribution in [-0.2, 0) is 16.1 Å². The van der Waals surface area contributed by atoms with Crippen molar-refractivity contribution in [1.29, 1.82) is 0 Å². The van der Waals surface area contributed by atoms with Gasteiger partial charge in [-0.05, 0) is 37.3 Å². The van der Waals surface area contributed by atoms with Gasteiger partial charge in [-0.15, -0.1) is 24.0 Å². The number of rotatable bonds is 7. The Bertz CT molecular complexity index is 1040. The summed E-state index contributed by atoms with van der Waals surface area (Å²) in [6.07, 6.45) is 6.78. The molecule has 0 radical (unpaired) electrons. The first-order valence-corrected chi connectivity index (χ1v) is 11.2. The number of hydrogen-bond acceptors (Lipinski definition) is 5. The number of fused-ring (bicyclic) bond motifs is 5. The minimum absolute atomic E-state index is 0. The number of guanidine groups is 1. The summed E-state index contributed by atoms with van der Waals surface area (Å²) in [5.41, 5.74) is 1.64. The molecular formula is C24H28IN5O3. The van der Waals surface area contributed by atoms with E-state index in [1.807, 2.05) is 37.3 Å². The number of likely N-dealkylation sites (tertiary alicyclic amines) is 1. The topological polar surface area (TPSA) is 99.8 Å². The van der Waals surface area contributed by atoms with Crippen LogP contribution in [0.4, 0.5) is 0 Å². The second-order valence-corrected chi connectivity index (χ2v) is 8.46. The van der Waals surface area contributed by atoms with Gasteiger partial charge in [-0.3, -0.25) is 14.5 Å². The fourth-order valence-corrected chi connectivity index (χ4v) is 5.07. The smallest absolute Gasteiger partial charge is 0.233 e. The Kier molecular flexibility index (Phi) is 7.16. The van der Waals surface area contributed by atoms with Crippen LogP contribution in [0.25, 0.3) is 11.5 Å². The fourth-order valence-electron chi connectivity index (χ4n) is 5.07. The average molecular weight is 561 g/mol. The molecule has 1 aromatic carbocycles. The number of allylic oxidation sites excluding steroid dienone is 2. The maximum atomic E-state index is 12.8. The van der Waals surface area contributed by atoms with E-state index in [1.54, 1.807) is 6.26 Å². The number of carbonyl (C=O) groups is 2. The molecule has 174 valence electrons. The Morgan fingerprint density at radius 1 is 1.12 bits per heavy atom. The summed E-state index contributed by atoms with van der Waals surface area (Å²) in [6, 6.07) is 9.72. The highest BCUT2D eigenvalue weighted by atomic mass is 127. The van der Waals surface area contributed by atoms with Crippen molar-refractivity contribution < 1.29 is 14.0 Å². The summed E-state index contributed by atoms with van der Waals surface area (Å²) < 4.78 is 5.57. The zero-order valence-corrected chi connectivity index (χ0v) is 20.8. The second kappa shape index (κ2) is 10.1. The van der Waals surface area contributed by atoms with Gasteiger partial charge < -0.3 is 15.1 Å². The lowest BCUT2D eigenvalue weighted by atomic mass is 9.85. The lowest BCUT2D eigenvalue weighted by Crippen LogP contribution is -2.43. The monoisotopic (exact) mass is 561 g/mol. The maximum absolute atomic E-state index is 12.8. The molecule has 4 atom stereocenters. The number of nitrogens with zero attached hydrogens (tertiary/aromatic N) is 3. The molecule has 9 heteroatoms. The zero-order valence-electron chi connectivity index (χ0n) is 18.4. The highest BCUT2D eigenvalue weighted by Crippen LogP contribution is 2.52. The molecule has 1 aromatic heterocycles. The van der Waals surface area contributed by atoms with Gasteiger partial charge in [0, 0.05) is 25.2 Å². The minimum atomic E-state index is -0.148. The van der Waals surface area contributed by atoms with Gasteiger partial charge in [-0.25, -0.2) is 9.98 Å². The van der Waals surface area contributed by atoms with Crippen LogP contribution < -0.4 is 10.6 Å². The summed E-state index contributed by atoms with van der Waals surface area (Å²) in [6.45, 7) is 3.82. The summed E-state index contributed by atoms with van der Waals surface area (Å²) >= 11 is 0. The van der Waals surface area contributed by atoms with Crippen LogP contribution in [0.1, 0.15) is 19.0 Å². The van der Waals surface area contributed by atoms with Gasteiger partial charge in [0.15, 0.2) is 5.96 Å². The molecular weight excluding hydrogens is 533 g/mol. The van der Waals surface area contributed by atoms with E-state index in [0.717, 1.165) is 17.7 Å². The fraction of sp³-hybridized carbons (Fsp3) is 0.417. The van der Waals surface area contributed by atoms with Gasteiger partial charge in [0.25, 0.3) is 0 Å². The second-order valence-electron chi connectivity index (χ2n) is 8.46. The number of hydrogen-bond donors (Lipinski definition) is 2. The normalized spacial score (nSPS) is 25.4. The molecule has 1 aliphatic heterocycles. The van der Waals surface area contributed by atoms with Crippen LogP contribution in [0.15, 0.2) is 58.2 Å². The number of nitrogens with one attached hydrogen (secondary N) is 2. The van der Waals surface area contributed by atoms with E-state index >= 15 is 0 Å². The summed E-state index contributed by atoms with van der Waals surface area (Å²) in [4.78, 5) is 36.1. The van der Waals surface area contributed by atoms with E-state index in [1.165, 1.54) is 4.90 Å². The number of aromatic nitrogens is 1. The maximum Gasteiger partial charge on any atom is 0.233 e. The molecule has 2 heterocycles. The largest absolute Gasteiger partial charge is 0.444 e. The molecule has 8 nitrogen and oxygen atoms in total. The first kappa shape index (κ1) is 23.5. The molecule has 5 rings (SSSR count). The van der Waals surface area contributed by atoms with Crippen molar-refractivity contribution in [1.82, 2.24) is 20.5 Å². The van der Waals surface area contributed by atoms with Crippen molar-refractivity contribution in [3.05, 3.63) is 54.4 Å². The van der Waals surface area contributed by atoms with Gasteiger partial charge in [0.1, 0.15) is 12.0 Å². The Hall–Kier alpha value is -2.69. The van der Waals surface area contributed by atoms with E-state index in [0.29, 0.717) is 38.0 Å². The third-order valence-corrected chi connectivity index (χ3v) is 6.51. The molecule has 2 N–H and O–H groups in total.